The Hall–Kier alpha value is -0.740. The Bertz CT molecular complexity index is 571. The molecule has 0 radical (unpaired) electrons. The molecule has 0 amide bonds. The second-order valence-electron chi connectivity index (χ2n) is 4.44. The van der Waals surface area contributed by atoms with Crippen LogP contribution in [-0.2, 0) is 0 Å². The van der Waals surface area contributed by atoms with Crippen LogP contribution in [0.4, 0.5) is 0 Å². The molecular formula is C15H17Cl2NOS. The summed E-state index contributed by atoms with van der Waals surface area (Å²) < 4.78 is 5.26. The second kappa shape index (κ2) is 7.32. The first-order valence-electron chi connectivity index (χ1n) is 6.46. The Morgan fingerprint density at radius 3 is 2.70 bits per heavy atom. The zero-order valence-corrected chi connectivity index (χ0v) is 13.8. The molecule has 0 bridgehead atoms. The smallest absolute Gasteiger partial charge is 0.129 e. The van der Waals surface area contributed by atoms with E-state index in [1.165, 1.54) is 4.88 Å². The first-order chi connectivity index (χ1) is 9.65. The SMILES string of the molecule is CCCNC(c1cc(OC)cs1)c1ccc(Cl)cc1Cl. The molecule has 0 spiro atoms. The summed E-state index contributed by atoms with van der Waals surface area (Å²) in [5.74, 6) is 0.874. The maximum atomic E-state index is 6.34. The Morgan fingerprint density at radius 2 is 2.10 bits per heavy atom. The van der Waals surface area contributed by atoms with Crippen LogP contribution in [0.2, 0.25) is 10.0 Å². The number of thiophene rings is 1. The monoisotopic (exact) mass is 329 g/mol. The molecule has 0 fully saturated rings. The Labute approximate surface area is 133 Å². The number of methoxy groups -OCH3 is 1. The van der Waals surface area contributed by atoms with Crippen LogP contribution in [0, 0.1) is 0 Å². The average Bonchev–Trinajstić information content (AvgIpc) is 2.90. The van der Waals surface area contributed by atoms with Gasteiger partial charge >= 0.3 is 0 Å². The fraction of sp³-hybridized carbons (Fsp3) is 0.333. The number of hydrogen-bond acceptors (Lipinski definition) is 3. The van der Waals surface area contributed by atoms with Gasteiger partial charge in [0.05, 0.1) is 13.2 Å². The summed E-state index contributed by atoms with van der Waals surface area (Å²) >= 11 is 14.0. The Kier molecular flexibility index (Phi) is 5.73. The maximum Gasteiger partial charge on any atom is 0.129 e. The topological polar surface area (TPSA) is 21.3 Å². The van der Waals surface area contributed by atoms with Gasteiger partial charge in [-0.15, -0.1) is 11.3 Å². The van der Waals surface area contributed by atoms with Gasteiger partial charge in [-0.3, -0.25) is 0 Å². The van der Waals surface area contributed by atoms with Crippen molar-refractivity contribution in [3.8, 4) is 5.75 Å². The zero-order chi connectivity index (χ0) is 14.5. The molecule has 2 nitrogen and oxygen atoms in total. The summed E-state index contributed by atoms with van der Waals surface area (Å²) in [5.41, 5.74) is 1.04. The largest absolute Gasteiger partial charge is 0.496 e. The molecule has 0 aliphatic rings. The molecule has 1 N–H and O–H groups in total. The number of benzene rings is 1. The summed E-state index contributed by atoms with van der Waals surface area (Å²) in [6, 6.07) is 7.74. The van der Waals surface area contributed by atoms with Gasteiger partial charge in [0.2, 0.25) is 0 Å². The molecule has 0 saturated carbocycles. The predicted octanol–water partition coefficient (Wildman–Crippen LogP) is 5.15. The third kappa shape index (κ3) is 3.67. The maximum absolute atomic E-state index is 6.34. The summed E-state index contributed by atoms with van der Waals surface area (Å²) in [4.78, 5) is 1.18. The standard InChI is InChI=1S/C15H17Cl2NOS/c1-3-6-18-15(14-8-11(19-2)9-20-14)12-5-4-10(16)7-13(12)17/h4-5,7-9,15,18H,3,6H2,1-2H3. The van der Waals surface area contributed by atoms with E-state index in [-0.39, 0.29) is 6.04 Å². The summed E-state index contributed by atoms with van der Waals surface area (Å²) in [7, 11) is 1.68. The van der Waals surface area contributed by atoms with Crippen LogP contribution in [0.15, 0.2) is 29.6 Å². The van der Waals surface area contributed by atoms with E-state index in [0.29, 0.717) is 10.0 Å². The Balaban J connectivity index is 2.35. The molecule has 5 heteroatoms. The number of rotatable bonds is 6. The first kappa shape index (κ1) is 15.6. The van der Waals surface area contributed by atoms with E-state index in [2.05, 4.69) is 12.2 Å². The van der Waals surface area contributed by atoms with Gasteiger partial charge in [0.1, 0.15) is 5.75 Å². The number of hydrogen-bond donors (Lipinski definition) is 1. The minimum atomic E-state index is 0.0635. The van der Waals surface area contributed by atoms with Crippen molar-refractivity contribution in [2.24, 2.45) is 0 Å². The van der Waals surface area contributed by atoms with Gasteiger partial charge in [-0.1, -0.05) is 36.2 Å². The first-order valence-corrected chi connectivity index (χ1v) is 8.10. The molecule has 0 aliphatic carbocycles. The van der Waals surface area contributed by atoms with Crippen LogP contribution >= 0.6 is 34.5 Å². The van der Waals surface area contributed by atoms with Crippen LogP contribution in [0.5, 0.6) is 5.75 Å². The van der Waals surface area contributed by atoms with Gasteiger partial charge in [0.25, 0.3) is 0 Å². The Morgan fingerprint density at radius 1 is 1.30 bits per heavy atom. The lowest BCUT2D eigenvalue weighted by atomic mass is 10.0. The third-order valence-corrected chi connectivity index (χ3v) is 4.53. The minimum absolute atomic E-state index is 0.0635. The van der Waals surface area contributed by atoms with Crippen LogP contribution < -0.4 is 10.1 Å². The lowest BCUT2D eigenvalue weighted by Crippen LogP contribution is -2.22. The van der Waals surface area contributed by atoms with Gasteiger partial charge in [-0.05, 0) is 36.7 Å². The summed E-state index contributed by atoms with van der Waals surface area (Å²) in [6.07, 6.45) is 1.06. The highest BCUT2D eigenvalue weighted by atomic mass is 35.5. The fourth-order valence-electron chi connectivity index (χ4n) is 1.98. The summed E-state index contributed by atoms with van der Waals surface area (Å²) in [5, 5.41) is 6.86. The molecule has 2 aromatic rings. The van der Waals surface area contributed by atoms with E-state index in [1.54, 1.807) is 24.5 Å². The van der Waals surface area contributed by atoms with Crippen LogP contribution in [0.1, 0.15) is 29.8 Å². The van der Waals surface area contributed by atoms with Crippen LogP contribution in [-0.4, -0.2) is 13.7 Å². The second-order valence-corrected chi connectivity index (χ2v) is 6.23. The van der Waals surface area contributed by atoms with Crippen molar-refractivity contribution in [1.29, 1.82) is 0 Å². The van der Waals surface area contributed by atoms with E-state index in [9.17, 15) is 0 Å². The lowest BCUT2D eigenvalue weighted by molar-refractivity contribution is 0.416. The van der Waals surface area contributed by atoms with E-state index < -0.39 is 0 Å². The van der Waals surface area contributed by atoms with Crippen LogP contribution in [0.25, 0.3) is 0 Å². The van der Waals surface area contributed by atoms with Gasteiger partial charge in [0.15, 0.2) is 0 Å². The molecule has 2 rings (SSSR count). The number of halogens is 2. The molecule has 1 unspecified atom stereocenters. The van der Waals surface area contributed by atoms with Crippen molar-refractivity contribution < 1.29 is 4.74 Å². The molecule has 0 aliphatic heterocycles. The lowest BCUT2D eigenvalue weighted by Gasteiger charge is -2.19. The van der Waals surface area contributed by atoms with Gasteiger partial charge in [-0.25, -0.2) is 0 Å². The van der Waals surface area contributed by atoms with E-state index in [1.807, 2.05) is 23.6 Å². The van der Waals surface area contributed by atoms with E-state index in [4.69, 9.17) is 27.9 Å². The molecule has 1 aromatic heterocycles. The molecular weight excluding hydrogens is 313 g/mol. The van der Waals surface area contributed by atoms with Crippen LogP contribution in [0.3, 0.4) is 0 Å². The quantitative estimate of drug-likeness (QED) is 0.790. The number of nitrogens with one attached hydrogen (secondary N) is 1. The average molecular weight is 330 g/mol. The molecule has 1 heterocycles. The van der Waals surface area contributed by atoms with Crippen molar-refractivity contribution in [2.45, 2.75) is 19.4 Å². The molecule has 1 aromatic carbocycles. The minimum Gasteiger partial charge on any atom is -0.496 e. The highest BCUT2D eigenvalue weighted by Gasteiger charge is 2.18. The fourth-order valence-corrected chi connectivity index (χ4v) is 3.45. The highest BCUT2D eigenvalue weighted by molar-refractivity contribution is 7.10. The molecule has 108 valence electrons. The van der Waals surface area contributed by atoms with Crippen molar-refractivity contribution in [3.05, 3.63) is 50.1 Å². The summed E-state index contributed by atoms with van der Waals surface area (Å²) in [6.45, 7) is 3.06. The predicted molar refractivity (Wildman–Crippen MR) is 87.5 cm³/mol. The van der Waals surface area contributed by atoms with Crippen molar-refractivity contribution >= 4 is 34.5 Å². The van der Waals surface area contributed by atoms with Crippen molar-refractivity contribution in [3.63, 3.8) is 0 Å². The molecule has 0 saturated heterocycles. The molecule has 20 heavy (non-hydrogen) atoms. The van der Waals surface area contributed by atoms with Crippen molar-refractivity contribution in [1.82, 2.24) is 5.32 Å². The van der Waals surface area contributed by atoms with Gasteiger partial charge in [0, 0.05) is 20.3 Å². The van der Waals surface area contributed by atoms with E-state index >= 15 is 0 Å². The number of ether oxygens (including phenoxy) is 1. The molecule has 1 atom stereocenters. The zero-order valence-electron chi connectivity index (χ0n) is 11.5. The normalized spacial score (nSPS) is 12.4. The third-order valence-electron chi connectivity index (χ3n) is 2.99. The highest BCUT2D eigenvalue weighted by Crippen LogP contribution is 2.35. The van der Waals surface area contributed by atoms with Gasteiger partial charge in [-0.2, -0.15) is 0 Å². The van der Waals surface area contributed by atoms with Gasteiger partial charge < -0.3 is 10.1 Å². The van der Waals surface area contributed by atoms with E-state index in [0.717, 1.165) is 24.3 Å². The van der Waals surface area contributed by atoms with Crippen molar-refractivity contribution in [2.75, 3.05) is 13.7 Å².